The third-order valence-electron chi connectivity index (χ3n) is 3.68. The molecule has 1 saturated heterocycles. The Morgan fingerprint density at radius 1 is 1.35 bits per heavy atom. The van der Waals surface area contributed by atoms with Crippen molar-refractivity contribution in [3.8, 4) is 11.4 Å². The topological polar surface area (TPSA) is 83.1 Å². The number of nitrogens with one attached hydrogen (secondary N) is 2. The summed E-state index contributed by atoms with van der Waals surface area (Å²) >= 11 is 0. The van der Waals surface area contributed by atoms with Crippen LogP contribution >= 0.6 is 0 Å². The molecule has 0 bridgehead atoms. The zero-order chi connectivity index (χ0) is 16.4. The standard InChI is InChI=1S/C16H21N5O2/c1-10-8-21(9-11(2)23-10)16(22)18-14-6-4-5-13(7-14)15-17-12(3)19-20-15/h4-7,10-11H,8-9H2,1-3H3,(H,18,22)(H,17,19,20)/t10-,11-/m0/s1. The van der Waals surface area contributed by atoms with Gasteiger partial charge in [-0.3, -0.25) is 5.10 Å². The highest BCUT2D eigenvalue weighted by atomic mass is 16.5. The first-order valence-corrected chi connectivity index (χ1v) is 7.72. The minimum absolute atomic E-state index is 0.0482. The quantitative estimate of drug-likeness (QED) is 0.891. The average Bonchev–Trinajstić information content (AvgIpc) is 2.93. The van der Waals surface area contributed by atoms with Crippen LogP contribution in [0.4, 0.5) is 10.5 Å². The zero-order valence-corrected chi connectivity index (χ0v) is 13.5. The van der Waals surface area contributed by atoms with Gasteiger partial charge in [0.05, 0.1) is 12.2 Å². The summed E-state index contributed by atoms with van der Waals surface area (Å²) < 4.78 is 5.65. The Balaban J connectivity index is 1.71. The third-order valence-corrected chi connectivity index (χ3v) is 3.68. The molecule has 1 aromatic carbocycles. The van der Waals surface area contributed by atoms with Crippen molar-refractivity contribution >= 4 is 11.7 Å². The van der Waals surface area contributed by atoms with Crippen molar-refractivity contribution in [2.45, 2.75) is 33.0 Å². The maximum absolute atomic E-state index is 12.4. The molecule has 1 aromatic heterocycles. The van der Waals surface area contributed by atoms with Crippen molar-refractivity contribution < 1.29 is 9.53 Å². The average molecular weight is 315 g/mol. The molecule has 0 unspecified atom stereocenters. The summed E-state index contributed by atoms with van der Waals surface area (Å²) in [5.74, 6) is 1.37. The normalized spacial score (nSPS) is 21.3. The largest absolute Gasteiger partial charge is 0.372 e. The van der Waals surface area contributed by atoms with Crippen molar-refractivity contribution in [1.29, 1.82) is 0 Å². The van der Waals surface area contributed by atoms with E-state index >= 15 is 0 Å². The smallest absolute Gasteiger partial charge is 0.322 e. The summed E-state index contributed by atoms with van der Waals surface area (Å²) in [7, 11) is 0. The summed E-state index contributed by atoms with van der Waals surface area (Å²) in [4.78, 5) is 18.5. The van der Waals surface area contributed by atoms with Gasteiger partial charge in [0.25, 0.3) is 0 Å². The van der Waals surface area contributed by atoms with Crippen LogP contribution in [0.25, 0.3) is 11.4 Å². The van der Waals surface area contributed by atoms with Gasteiger partial charge < -0.3 is 15.0 Å². The van der Waals surface area contributed by atoms with Gasteiger partial charge >= 0.3 is 6.03 Å². The minimum Gasteiger partial charge on any atom is -0.372 e. The highest BCUT2D eigenvalue weighted by Gasteiger charge is 2.25. The fourth-order valence-corrected chi connectivity index (χ4v) is 2.75. The van der Waals surface area contributed by atoms with E-state index in [9.17, 15) is 4.79 Å². The van der Waals surface area contributed by atoms with Gasteiger partial charge in [-0.2, -0.15) is 5.10 Å². The predicted octanol–water partition coefficient (Wildman–Crippen LogP) is 2.42. The molecule has 23 heavy (non-hydrogen) atoms. The molecule has 1 aliphatic rings. The lowest BCUT2D eigenvalue weighted by Gasteiger charge is -2.35. The van der Waals surface area contributed by atoms with E-state index in [-0.39, 0.29) is 18.2 Å². The van der Waals surface area contributed by atoms with Gasteiger partial charge in [0, 0.05) is 24.3 Å². The molecular weight excluding hydrogens is 294 g/mol. The number of carbonyl (C=O) groups excluding carboxylic acids is 1. The van der Waals surface area contributed by atoms with E-state index in [0.717, 1.165) is 17.1 Å². The molecule has 0 radical (unpaired) electrons. The van der Waals surface area contributed by atoms with E-state index in [2.05, 4.69) is 20.5 Å². The maximum Gasteiger partial charge on any atom is 0.322 e. The van der Waals surface area contributed by atoms with Gasteiger partial charge in [0.15, 0.2) is 5.82 Å². The van der Waals surface area contributed by atoms with Crippen LogP contribution in [-0.2, 0) is 4.74 Å². The van der Waals surface area contributed by atoms with Crippen molar-refractivity contribution in [1.82, 2.24) is 20.1 Å². The van der Waals surface area contributed by atoms with Crippen LogP contribution in [0.15, 0.2) is 24.3 Å². The first-order valence-electron chi connectivity index (χ1n) is 7.72. The molecule has 2 amide bonds. The summed E-state index contributed by atoms with van der Waals surface area (Å²) in [5.41, 5.74) is 1.58. The number of nitrogens with zero attached hydrogens (tertiary/aromatic N) is 3. The fraction of sp³-hybridized carbons (Fsp3) is 0.438. The van der Waals surface area contributed by atoms with Crippen LogP contribution in [0.1, 0.15) is 19.7 Å². The molecule has 2 atom stereocenters. The van der Waals surface area contributed by atoms with Gasteiger partial charge in [-0.15, -0.1) is 0 Å². The molecule has 0 spiro atoms. The van der Waals surface area contributed by atoms with Crippen LogP contribution in [0.2, 0.25) is 0 Å². The Bertz CT molecular complexity index is 689. The number of benzene rings is 1. The lowest BCUT2D eigenvalue weighted by atomic mass is 10.2. The Hall–Kier alpha value is -2.41. The maximum atomic E-state index is 12.4. The highest BCUT2D eigenvalue weighted by molar-refractivity contribution is 5.90. The number of aromatic amines is 1. The van der Waals surface area contributed by atoms with E-state index in [1.807, 2.05) is 45.0 Å². The Labute approximate surface area is 135 Å². The predicted molar refractivity (Wildman–Crippen MR) is 87.2 cm³/mol. The van der Waals surface area contributed by atoms with Crippen LogP contribution in [0.5, 0.6) is 0 Å². The number of amides is 2. The lowest BCUT2D eigenvalue weighted by molar-refractivity contribution is -0.0530. The summed E-state index contributed by atoms with van der Waals surface area (Å²) in [6.45, 7) is 6.99. The third kappa shape index (κ3) is 3.68. The monoisotopic (exact) mass is 315 g/mol. The molecule has 0 aliphatic carbocycles. The molecule has 7 nitrogen and oxygen atoms in total. The molecule has 122 valence electrons. The number of hydrogen-bond donors (Lipinski definition) is 2. The number of aromatic nitrogens is 3. The molecule has 2 heterocycles. The number of ether oxygens (including phenoxy) is 1. The summed E-state index contributed by atoms with van der Waals surface area (Å²) in [6, 6.07) is 7.40. The molecule has 2 N–H and O–H groups in total. The lowest BCUT2D eigenvalue weighted by Crippen LogP contribution is -2.49. The number of carbonyl (C=O) groups is 1. The molecule has 1 fully saturated rings. The number of aryl methyl sites for hydroxylation is 1. The van der Waals surface area contributed by atoms with E-state index in [4.69, 9.17) is 4.74 Å². The van der Waals surface area contributed by atoms with E-state index in [1.54, 1.807) is 4.90 Å². The van der Waals surface area contributed by atoms with Crippen LogP contribution in [0.3, 0.4) is 0 Å². The van der Waals surface area contributed by atoms with Gasteiger partial charge in [0.2, 0.25) is 0 Å². The molecule has 3 rings (SSSR count). The molecule has 2 aromatic rings. The Kier molecular flexibility index (Phi) is 4.29. The van der Waals surface area contributed by atoms with Crippen LogP contribution in [-0.4, -0.2) is 51.4 Å². The zero-order valence-electron chi connectivity index (χ0n) is 13.5. The number of hydrogen-bond acceptors (Lipinski definition) is 4. The fourth-order valence-electron chi connectivity index (χ4n) is 2.75. The first-order chi connectivity index (χ1) is 11.0. The van der Waals surface area contributed by atoms with E-state index in [0.29, 0.717) is 18.9 Å². The number of H-pyrrole nitrogens is 1. The second-order valence-corrected chi connectivity index (χ2v) is 5.92. The Morgan fingerprint density at radius 2 is 2.09 bits per heavy atom. The first kappa shape index (κ1) is 15.5. The molecule has 7 heteroatoms. The molecule has 0 saturated carbocycles. The van der Waals surface area contributed by atoms with Crippen LogP contribution < -0.4 is 5.32 Å². The van der Waals surface area contributed by atoms with Crippen molar-refractivity contribution in [3.05, 3.63) is 30.1 Å². The minimum atomic E-state index is -0.115. The van der Waals surface area contributed by atoms with Gasteiger partial charge in [-0.1, -0.05) is 12.1 Å². The van der Waals surface area contributed by atoms with Gasteiger partial charge in [-0.05, 0) is 32.9 Å². The second kappa shape index (κ2) is 6.37. The number of morpholine rings is 1. The highest BCUT2D eigenvalue weighted by Crippen LogP contribution is 2.20. The van der Waals surface area contributed by atoms with Gasteiger partial charge in [-0.25, -0.2) is 9.78 Å². The van der Waals surface area contributed by atoms with Crippen molar-refractivity contribution in [2.24, 2.45) is 0 Å². The second-order valence-electron chi connectivity index (χ2n) is 5.92. The van der Waals surface area contributed by atoms with Crippen molar-refractivity contribution in [3.63, 3.8) is 0 Å². The number of rotatable bonds is 2. The summed E-state index contributed by atoms with van der Waals surface area (Å²) in [6.07, 6.45) is 0.0964. The van der Waals surface area contributed by atoms with E-state index < -0.39 is 0 Å². The van der Waals surface area contributed by atoms with Crippen molar-refractivity contribution in [2.75, 3.05) is 18.4 Å². The van der Waals surface area contributed by atoms with E-state index in [1.165, 1.54) is 0 Å². The number of urea groups is 1. The van der Waals surface area contributed by atoms with Crippen LogP contribution in [0, 0.1) is 6.92 Å². The van der Waals surface area contributed by atoms with Gasteiger partial charge in [0.1, 0.15) is 5.82 Å². The molecular formula is C16H21N5O2. The summed E-state index contributed by atoms with van der Waals surface area (Å²) in [5, 5.41) is 9.89. The SMILES string of the molecule is Cc1nc(-c2cccc(NC(=O)N3C[C@H](C)O[C@@H](C)C3)c2)n[nH]1. The Morgan fingerprint density at radius 3 is 2.74 bits per heavy atom. The number of anilines is 1. The molecule has 1 aliphatic heterocycles.